The van der Waals surface area contributed by atoms with E-state index in [2.05, 4.69) is 0 Å². The van der Waals surface area contributed by atoms with Crippen LogP contribution in [0, 0.1) is 0 Å². The molecule has 15 heavy (non-hydrogen) atoms. The summed E-state index contributed by atoms with van der Waals surface area (Å²) in [5.41, 5.74) is 0. The van der Waals surface area contributed by atoms with Gasteiger partial charge in [-0.25, -0.2) is 0 Å². The smallest absolute Gasteiger partial charge is 0.218 e. The normalized spacial score (nSPS) is 7.40. The van der Waals surface area contributed by atoms with Crippen molar-refractivity contribution in [3.8, 4) is 0 Å². The minimum absolute atomic E-state index is 0.0926. The molecule has 0 heterocycles. The highest BCUT2D eigenvalue weighted by atomic mass is 16.2. The topological polar surface area (TPSA) is 54.5 Å². The SMILES string of the molecule is CC(=O)N(C)C.CC(C)=O.CCC(C)=O. The summed E-state index contributed by atoms with van der Waals surface area (Å²) in [5.74, 6) is 0.514. The average Bonchev–Trinajstić information content (AvgIpc) is 2.04. The second kappa shape index (κ2) is 12.8. The second-order valence-electron chi connectivity index (χ2n) is 3.38. The Morgan fingerprint density at radius 2 is 1.07 bits per heavy atom. The van der Waals surface area contributed by atoms with Crippen molar-refractivity contribution in [2.45, 2.75) is 41.0 Å². The molecule has 0 radical (unpaired) electrons. The van der Waals surface area contributed by atoms with Crippen LogP contribution in [0.3, 0.4) is 0 Å². The first-order valence-corrected chi connectivity index (χ1v) is 4.79. The zero-order chi connectivity index (χ0) is 13.0. The van der Waals surface area contributed by atoms with Crippen molar-refractivity contribution >= 4 is 17.5 Å². The fourth-order valence-electron chi connectivity index (χ4n) is 0. The van der Waals surface area contributed by atoms with Gasteiger partial charge in [0.05, 0.1) is 0 Å². The van der Waals surface area contributed by atoms with Crippen molar-refractivity contribution in [1.82, 2.24) is 4.90 Å². The first-order valence-electron chi connectivity index (χ1n) is 4.79. The number of carbonyl (C=O) groups excluding carboxylic acids is 3. The van der Waals surface area contributed by atoms with Gasteiger partial charge in [-0.2, -0.15) is 0 Å². The monoisotopic (exact) mass is 217 g/mol. The molecule has 0 aliphatic heterocycles. The summed E-state index contributed by atoms with van der Waals surface area (Å²) in [6.45, 7) is 8.02. The number of carbonyl (C=O) groups is 3. The summed E-state index contributed by atoms with van der Waals surface area (Å²) in [7, 11) is 3.45. The molecule has 0 saturated carbocycles. The molecule has 0 aromatic carbocycles. The van der Waals surface area contributed by atoms with Crippen LogP contribution in [-0.4, -0.2) is 36.5 Å². The van der Waals surface area contributed by atoms with Crippen LogP contribution in [0.1, 0.15) is 41.0 Å². The Labute approximate surface area is 92.6 Å². The average molecular weight is 217 g/mol. The number of Topliss-reactive ketones (excluding diaryl/α,β-unsaturated/α-hetero) is 2. The van der Waals surface area contributed by atoms with Crippen LogP contribution in [-0.2, 0) is 14.4 Å². The molecular weight excluding hydrogens is 194 g/mol. The van der Waals surface area contributed by atoms with Gasteiger partial charge >= 0.3 is 0 Å². The van der Waals surface area contributed by atoms with Crippen LogP contribution < -0.4 is 0 Å². The number of hydrogen-bond acceptors (Lipinski definition) is 3. The minimum atomic E-state index is 0.0926. The van der Waals surface area contributed by atoms with Crippen LogP contribution >= 0.6 is 0 Å². The maximum absolute atomic E-state index is 10.1. The van der Waals surface area contributed by atoms with Gasteiger partial charge in [-0.05, 0) is 20.8 Å². The van der Waals surface area contributed by atoms with E-state index in [-0.39, 0.29) is 17.5 Å². The zero-order valence-corrected chi connectivity index (χ0v) is 10.9. The molecule has 0 aliphatic rings. The zero-order valence-electron chi connectivity index (χ0n) is 10.9. The van der Waals surface area contributed by atoms with Gasteiger partial charge in [0.2, 0.25) is 5.91 Å². The predicted molar refractivity (Wildman–Crippen MR) is 61.7 cm³/mol. The molecule has 90 valence electrons. The van der Waals surface area contributed by atoms with Gasteiger partial charge in [0.25, 0.3) is 0 Å². The van der Waals surface area contributed by atoms with Crippen molar-refractivity contribution in [2.75, 3.05) is 14.1 Å². The highest BCUT2D eigenvalue weighted by molar-refractivity contribution is 5.74. The standard InChI is InChI=1S/C4H9NO.C4H8O.C3H6O/c1-4(6)5(2)3;1-3-4(2)5;1-3(2)4/h1-3H3;3H2,1-2H3;1-2H3. The molecule has 0 unspecified atom stereocenters. The van der Waals surface area contributed by atoms with Crippen LogP contribution in [0.5, 0.6) is 0 Å². The maximum atomic E-state index is 10.1. The van der Waals surface area contributed by atoms with Crippen molar-refractivity contribution < 1.29 is 14.4 Å². The van der Waals surface area contributed by atoms with Gasteiger partial charge < -0.3 is 14.5 Å². The molecule has 0 spiro atoms. The van der Waals surface area contributed by atoms with E-state index < -0.39 is 0 Å². The Bertz CT molecular complexity index is 194. The number of nitrogens with zero attached hydrogens (tertiary/aromatic N) is 1. The summed E-state index contributed by atoms with van der Waals surface area (Å²) in [6, 6.07) is 0. The molecule has 1 amide bonds. The quantitative estimate of drug-likeness (QED) is 0.671. The third-order valence-electron chi connectivity index (χ3n) is 1.13. The van der Waals surface area contributed by atoms with Crippen LogP contribution in [0.15, 0.2) is 0 Å². The summed E-state index contributed by atoms with van der Waals surface area (Å²) < 4.78 is 0. The van der Waals surface area contributed by atoms with Gasteiger partial charge in [-0.15, -0.1) is 0 Å². The van der Waals surface area contributed by atoms with E-state index in [0.29, 0.717) is 6.42 Å². The third kappa shape index (κ3) is 64.7. The fraction of sp³-hybridized carbons (Fsp3) is 0.727. The minimum Gasteiger partial charge on any atom is -0.349 e. The Morgan fingerprint density at radius 3 is 1.07 bits per heavy atom. The molecular formula is C11H23NO3. The molecule has 4 heteroatoms. The highest BCUT2D eigenvalue weighted by Gasteiger charge is 1.87. The Balaban J connectivity index is -0.000000147. The first-order chi connectivity index (χ1) is 6.64. The summed E-state index contributed by atoms with van der Waals surface area (Å²) in [6.07, 6.45) is 0.667. The number of rotatable bonds is 1. The van der Waals surface area contributed by atoms with E-state index in [9.17, 15) is 14.4 Å². The molecule has 0 aromatic rings. The molecule has 0 bridgehead atoms. The van der Waals surface area contributed by atoms with E-state index in [1.165, 1.54) is 25.7 Å². The lowest BCUT2D eigenvalue weighted by atomic mass is 10.4. The lowest BCUT2D eigenvalue weighted by Gasteiger charge is -2.02. The van der Waals surface area contributed by atoms with Crippen molar-refractivity contribution in [2.24, 2.45) is 0 Å². The van der Waals surface area contributed by atoms with E-state index in [0.717, 1.165) is 0 Å². The van der Waals surface area contributed by atoms with Crippen LogP contribution in [0.2, 0.25) is 0 Å². The molecule has 0 rings (SSSR count). The summed E-state index contributed by atoms with van der Waals surface area (Å²) in [5, 5.41) is 0. The van der Waals surface area contributed by atoms with Gasteiger partial charge in [-0.1, -0.05) is 6.92 Å². The summed E-state index contributed by atoms with van der Waals surface area (Å²) >= 11 is 0. The molecule has 0 N–H and O–H groups in total. The fourth-order valence-corrected chi connectivity index (χ4v) is 0. The Kier molecular flexibility index (Phi) is 16.6. The first kappa shape index (κ1) is 19.4. The molecule has 0 aliphatic carbocycles. The van der Waals surface area contributed by atoms with Gasteiger partial charge in [0.15, 0.2) is 0 Å². The highest BCUT2D eigenvalue weighted by Crippen LogP contribution is 1.71. The molecule has 0 atom stereocenters. The molecule has 0 fully saturated rings. The van der Waals surface area contributed by atoms with Crippen LogP contribution in [0.4, 0.5) is 0 Å². The van der Waals surface area contributed by atoms with E-state index in [4.69, 9.17) is 0 Å². The molecule has 0 saturated heterocycles. The molecule has 0 aromatic heterocycles. The largest absolute Gasteiger partial charge is 0.349 e. The van der Waals surface area contributed by atoms with Crippen molar-refractivity contribution in [1.29, 1.82) is 0 Å². The van der Waals surface area contributed by atoms with E-state index >= 15 is 0 Å². The van der Waals surface area contributed by atoms with Gasteiger partial charge in [0, 0.05) is 27.4 Å². The number of hydrogen-bond donors (Lipinski definition) is 0. The number of ketones is 2. The Hall–Kier alpha value is -1.19. The second-order valence-corrected chi connectivity index (χ2v) is 3.38. The Morgan fingerprint density at radius 1 is 0.933 bits per heavy atom. The van der Waals surface area contributed by atoms with Crippen molar-refractivity contribution in [3.05, 3.63) is 0 Å². The summed E-state index contributed by atoms with van der Waals surface area (Å²) in [4.78, 5) is 30.9. The molecule has 4 nitrogen and oxygen atoms in total. The van der Waals surface area contributed by atoms with Gasteiger partial charge in [0.1, 0.15) is 11.6 Å². The van der Waals surface area contributed by atoms with Crippen molar-refractivity contribution in [3.63, 3.8) is 0 Å². The predicted octanol–water partition coefficient (Wildman–Crippen LogP) is 1.68. The lowest BCUT2D eigenvalue weighted by molar-refractivity contribution is -0.126. The third-order valence-corrected chi connectivity index (χ3v) is 1.13. The lowest BCUT2D eigenvalue weighted by Crippen LogP contribution is -2.17. The van der Waals surface area contributed by atoms with E-state index in [1.54, 1.807) is 21.0 Å². The number of amides is 1. The van der Waals surface area contributed by atoms with E-state index in [1.807, 2.05) is 6.92 Å². The van der Waals surface area contributed by atoms with Gasteiger partial charge in [-0.3, -0.25) is 4.79 Å². The van der Waals surface area contributed by atoms with Crippen LogP contribution in [0.25, 0.3) is 0 Å². The maximum Gasteiger partial charge on any atom is 0.218 e.